The fourth-order valence-electron chi connectivity index (χ4n) is 1.44. The molecule has 1 fully saturated rings. The molecule has 5 heteroatoms. The summed E-state index contributed by atoms with van der Waals surface area (Å²) in [4.78, 5) is 4.22. The largest absolute Gasteiger partial charge is 0.481 e. The predicted molar refractivity (Wildman–Crippen MR) is 55.2 cm³/mol. The maximum Gasteiger partial charge on any atom is 0.221 e. The molecule has 0 spiro atoms. The van der Waals surface area contributed by atoms with Gasteiger partial charge in [-0.2, -0.15) is 0 Å². The van der Waals surface area contributed by atoms with Gasteiger partial charge in [0.25, 0.3) is 0 Å². The highest BCUT2D eigenvalue weighted by Crippen LogP contribution is 2.32. The van der Waals surface area contributed by atoms with E-state index >= 15 is 0 Å². The van der Waals surface area contributed by atoms with E-state index in [0.717, 1.165) is 11.3 Å². The summed E-state index contributed by atoms with van der Waals surface area (Å²) < 4.78 is 15.9. The highest BCUT2D eigenvalue weighted by atomic mass is 35.5. The Bertz CT molecular complexity index is 364. The molecule has 2 heterocycles. The third kappa shape index (κ3) is 2.07. The van der Waals surface area contributed by atoms with E-state index in [4.69, 9.17) is 25.8 Å². The van der Waals surface area contributed by atoms with Crippen molar-refractivity contribution in [3.8, 4) is 5.88 Å². The summed E-state index contributed by atoms with van der Waals surface area (Å²) in [5, 5.41) is 0.588. The number of methoxy groups -OCH3 is 1. The Balaban J connectivity index is 2.39. The molecule has 1 aromatic heterocycles. The molecular formula is C10H12ClNO3. The van der Waals surface area contributed by atoms with Crippen LogP contribution in [0.4, 0.5) is 0 Å². The third-order valence-corrected chi connectivity index (χ3v) is 2.60. The van der Waals surface area contributed by atoms with E-state index in [1.54, 1.807) is 13.2 Å². The van der Waals surface area contributed by atoms with Crippen LogP contribution in [0, 0.1) is 6.92 Å². The first-order valence-electron chi connectivity index (χ1n) is 4.66. The van der Waals surface area contributed by atoms with Crippen molar-refractivity contribution in [3.63, 3.8) is 0 Å². The first-order valence-corrected chi connectivity index (χ1v) is 5.04. The van der Waals surface area contributed by atoms with E-state index in [2.05, 4.69) is 4.98 Å². The van der Waals surface area contributed by atoms with E-state index in [1.807, 2.05) is 6.92 Å². The number of halogens is 1. The molecule has 0 unspecified atom stereocenters. The first-order chi connectivity index (χ1) is 7.22. The standard InChI is InChI=1S/C10H12ClNO3/c1-6-8(11)5-7(9(12-6)13-2)10-14-3-4-15-10/h5,10H,3-4H2,1-2H3. The van der Waals surface area contributed by atoms with Gasteiger partial charge in [-0.3, -0.25) is 0 Å². The van der Waals surface area contributed by atoms with E-state index in [9.17, 15) is 0 Å². The van der Waals surface area contributed by atoms with Crippen molar-refractivity contribution >= 4 is 11.6 Å². The number of hydrogen-bond donors (Lipinski definition) is 0. The molecule has 0 aromatic carbocycles. The molecule has 1 aromatic rings. The van der Waals surface area contributed by atoms with Gasteiger partial charge in [0.15, 0.2) is 6.29 Å². The molecule has 0 radical (unpaired) electrons. The van der Waals surface area contributed by atoms with Crippen LogP contribution in [0.1, 0.15) is 17.5 Å². The SMILES string of the molecule is COc1nc(C)c(Cl)cc1C1OCCO1. The van der Waals surface area contributed by atoms with Crippen LogP contribution in [-0.2, 0) is 9.47 Å². The number of aromatic nitrogens is 1. The summed E-state index contributed by atoms with van der Waals surface area (Å²) in [6.07, 6.45) is -0.412. The third-order valence-electron chi connectivity index (χ3n) is 2.21. The minimum Gasteiger partial charge on any atom is -0.481 e. The average Bonchev–Trinajstić information content (AvgIpc) is 2.74. The highest BCUT2D eigenvalue weighted by Gasteiger charge is 2.24. The molecule has 1 saturated heterocycles. The van der Waals surface area contributed by atoms with Crippen molar-refractivity contribution in [1.29, 1.82) is 0 Å². The normalized spacial score (nSPS) is 17.0. The van der Waals surface area contributed by atoms with Crippen molar-refractivity contribution in [2.24, 2.45) is 0 Å². The Morgan fingerprint density at radius 2 is 2.13 bits per heavy atom. The van der Waals surface area contributed by atoms with Gasteiger partial charge in [-0.25, -0.2) is 4.98 Å². The number of aryl methyl sites for hydroxylation is 1. The van der Waals surface area contributed by atoms with Gasteiger partial charge < -0.3 is 14.2 Å². The van der Waals surface area contributed by atoms with Crippen LogP contribution in [0.5, 0.6) is 5.88 Å². The minimum atomic E-state index is -0.412. The van der Waals surface area contributed by atoms with Gasteiger partial charge in [-0.05, 0) is 13.0 Å². The van der Waals surface area contributed by atoms with Crippen LogP contribution in [0.25, 0.3) is 0 Å². The van der Waals surface area contributed by atoms with Crippen molar-refractivity contribution in [1.82, 2.24) is 4.98 Å². The smallest absolute Gasteiger partial charge is 0.221 e. The molecule has 1 aliphatic rings. The Hall–Kier alpha value is -0.840. The number of ether oxygens (including phenoxy) is 3. The molecule has 0 atom stereocenters. The lowest BCUT2D eigenvalue weighted by molar-refractivity contribution is -0.0458. The molecule has 4 nitrogen and oxygen atoms in total. The molecule has 0 bridgehead atoms. The highest BCUT2D eigenvalue weighted by molar-refractivity contribution is 6.31. The van der Waals surface area contributed by atoms with Crippen LogP contribution in [0.15, 0.2) is 6.07 Å². The van der Waals surface area contributed by atoms with E-state index in [1.165, 1.54) is 0 Å². The van der Waals surface area contributed by atoms with Gasteiger partial charge >= 0.3 is 0 Å². The number of nitrogens with zero attached hydrogens (tertiary/aromatic N) is 1. The lowest BCUT2D eigenvalue weighted by atomic mass is 10.2. The molecule has 2 rings (SSSR count). The Morgan fingerprint density at radius 3 is 2.73 bits per heavy atom. The van der Waals surface area contributed by atoms with Gasteiger partial charge in [0.2, 0.25) is 5.88 Å². The van der Waals surface area contributed by atoms with E-state index in [-0.39, 0.29) is 0 Å². The van der Waals surface area contributed by atoms with Crippen molar-refractivity contribution in [2.75, 3.05) is 20.3 Å². The average molecular weight is 230 g/mol. The van der Waals surface area contributed by atoms with Crippen molar-refractivity contribution in [2.45, 2.75) is 13.2 Å². The zero-order chi connectivity index (χ0) is 10.8. The Kier molecular flexibility index (Phi) is 3.09. The second-order valence-electron chi connectivity index (χ2n) is 3.23. The summed E-state index contributed by atoms with van der Waals surface area (Å²) in [5.74, 6) is 0.504. The topological polar surface area (TPSA) is 40.6 Å². The van der Waals surface area contributed by atoms with Crippen LogP contribution >= 0.6 is 11.6 Å². The predicted octanol–water partition coefficient (Wildman–Crippen LogP) is 2.10. The second kappa shape index (κ2) is 4.35. The summed E-state index contributed by atoms with van der Waals surface area (Å²) >= 11 is 5.99. The number of hydrogen-bond acceptors (Lipinski definition) is 4. The summed E-state index contributed by atoms with van der Waals surface area (Å²) in [5.41, 5.74) is 1.47. The van der Waals surface area contributed by atoms with Crippen LogP contribution in [0.3, 0.4) is 0 Å². The molecule has 0 aliphatic carbocycles. The lowest BCUT2D eigenvalue weighted by Gasteiger charge is -2.14. The number of pyridine rings is 1. The Morgan fingerprint density at radius 1 is 1.47 bits per heavy atom. The van der Waals surface area contributed by atoms with Crippen LogP contribution < -0.4 is 4.74 Å². The summed E-state index contributed by atoms with van der Waals surface area (Å²) in [7, 11) is 1.56. The van der Waals surface area contributed by atoms with Crippen LogP contribution in [0.2, 0.25) is 5.02 Å². The van der Waals surface area contributed by atoms with Gasteiger partial charge in [0, 0.05) is 0 Å². The fourth-order valence-corrected chi connectivity index (χ4v) is 1.60. The van der Waals surface area contributed by atoms with Crippen molar-refractivity contribution in [3.05, 3.63) is 22.3 Å². The maximum atomic E-state index is 5.99. The van der Waals surface area contributed by atoms with Gasteiger partial charge in [-0.1, -0.05) is 11.6 Å². The molecule has 0 N–H and O–H groups in total. The number of rotatable bonds is 2. The lowest BCUT2D eigenvalue weighted by Crippen LogP contribution is -2.04. The van der Waals surface area contributed by atoms with Gasteiger partial charge in [-0.15, -0.1) is 0 Å². The zero-order valence-electron chi connectivity index (χ0n) is 8.62. The zero-order valence-corrected chi connectivity index (χ0v) is 9.37. The van der Waals surface area contributed by atoms with E-state index in [0.29, 0.717) is 24.1 Å². The molecule has 1 aliphatic heterocycles. The fraction of sp³-hybridized carbons (Fsp3) is 0.500. The maximum absolute atomic E-state index is 5.99. The summed E-state index contributed by atoms with van der Waals surface area (Å²) in [6.45, 7) is 2.99. The molecule has 0 saturated carbocycles. The summed E-state index contributed by atoms with van der Waals surface area (Å²) in [6, 6.07) is 1.78. The monoisotopic (exact) mass is 229 g/mol. The minimum absolute atomic E-state index is 0.412. The molecule has 0 amide bonds. The Labute approximate surface area is 93.1 Å². The second-order valence-corrected chi connectivity index (χ2v) is 3.63. The van der Waals surface area contributed by atoms with Gasteiger partial charge in [0.1, 0.15) is 0 Å². The van der Waals surface area contributed by atoms with Crippen LogP contribution in [-0.4, -0.2) is 25.3 Å². The molecule has 82 valence electrons. The molecular weight excluding hydrogens is 218 g/mol. The van der Waals surface area contributed by atoms with Gasteiger partial charge in [0.05, 0.1) is 36.6 Å². The quantitative estimate of drug-likeness (QED) is 0.779. The first kappa shape index (κ1) is 10.7. The van der Waals surface area contributed by atoms with E-state index < -0.39 is 6.29 Å². The molecule has 15 heavy (non-hydrogen) atoms. The van der Waals surface area contributed by atoms with Crippen molar-refractivity contribution < 1.29 is 14.2 Å².